The van der Waals surface area contributed by atoms with Crippen LogP contribution < -0.4 is 0 Å². The third kappa shape index (κ3) is 2.71. The molecule has 0 aliphatic carbocycles. The highest BCUT2D eigenvalue weighted by molar-refractivity contribution is 6.42. The maximum absolute atomic E-state index is 11.3. The summed E-state index contributed by atoms with van der Waals surface area (Å²) in [4.78, 5) is 11.3. The molecule has 1 aromatic carbocycles. The van der Waals surface area contributed by atoms with E-state index in [4.69, 9.17) is 34.8 Å². The Balaban J connectivity index is 2.66. The van der Waals surface area contributed by atoms with Crippen LogP contribution in [0, 0.1) is 0 Å². The SMILES string of the molecule is CC(C)(C)c1nn(-c2ccc(Cl)c(Cl)c2)c(Cl)c1C=O. The van der Waals surface area contributed by atoms with Gasteiger partial charge in [-0.05, 0) is 18.2 Å². The van der Waals surface area contributed by atoms with Crippen molar-refractivity contribution in [2.45, 2.75) is 26.2 Å². The molecule has 0 aliphatic rings. The number of hydrogen-bond acceptors (Lipinski definition) is 2. The van der Waals surface area contributed by atoms with E-state index in [9.17, 15) is 4.79 Å². The van der Waals surface area contributed by atoms with Crippen molar-refractivity contribution in [3.8, 4) is 5.69 Å². The molecular weight excluding hydrogens is 319 g/mol. The molecule has 1 heterocycles. The first-order valence-corrected chi connectivity index (χ1v) is 7.08. The highest BCUT2D eigenvalue weighted by atomic mass is 35.5. The Kier molecular flexibility index (Phi) is 4.14. The van der Waals surface area contributed by atoms with Crippen LogP contribution in [-0.2, 0) is 5.41 Å². The fourth-order valence-corrected chi connectivity index (χ4v) is 2.42. The van der Waals surface area contributed by atoms with E-state index >= 15 is 0 Å². The molecule has 0 fully saturated rings. The van der Waals surface area contributed by atoms with Crippen molar-refractivity contribution < 1.29 is 4.79 Å². The quantitative estimate of drug-likeness (QED) is 0.730. The zero-order valence-corrected chi connectivity index (χ0v) is 13.5. The lowest BCUT2D eigenvalue weighted by molar-refractivity contribution is 0.112. The Labute approximate surface area is 132 Å². The smallest absolute Gasteiger partial charge is 0.155 e. The molecule has 0 saturated heterocycles. The summed E-state index contributed by atoms with van der Waals surface area (Å²) in [7, 11) is 0. The van der Waals surface area contributed by atoms with Crippen LogP contribution in [-0.4, -0.2) is 16.1 Å². The van der Waals surface area contributed by atoms with Gasteiger partial charge in [-0.25, -0.2) is 4.68 Å². The highest BCUT2D eigenvalue weighted by Gasteiger charge is 2.26. The summed E-state index contributed by atoms with van der Waals surface area (Å²) >= 11 is 18.1. The minimum Gasteiger partial charge on any atom is -0.298 e. The standard InChI is InChI=1S/C14H13Cl3N2O/c1-14(2,3)12-9(7-20)13(17)19(18-12)8-4-5-10(15)11(16)6-8/h4-7H,1-3H3. The first kappa shape index (κ1) is 15.4. The molecule has 0 aliphatic heterocycles. The van der Waals surface area contributed by atoms with Crippen molar-refractivity contribution in [1.29, 1.82) is 0 Å². The minimum absolute atomic E-state index is 0.267. The molecule has 0 saturated carbocycles. The van der Waals surface area contributed by atoms with Gasteiger partial charge in [-0.2, -0.15) is 5.10 Å². The number of aromatic nitrogens is 2. The number of nitrogens with zero attached hydrogens (tertiary/aromatic N) is 2. The number of carbonyl (C=O) groups excluding carboxylic acids is 1. The molecule has 3 nitrogen and oxygen atoms in total. The topological polar surface area (TPSA) is 34.9 Å². The number of carbonyl (C=O) groups is 1. The third-order valence-corrected chi connectivity index (χ3v) is 3.94. The Morgan fingerprint density at radius 1 is 1.15 bits per heavy atom. The molecule has 0 spiro atoms. The Morgan fingerprint density at radius 2 is 1.80 bits per heavy atom. The summed E-state index contributed by atoms with van der Waals surface area (Å²) in [5.74, 6) is 0. The van der Waals surface area contributed by atoms with Crippen molar-refractivity contribution in [2.75, 3.05) is 0 Å². The second-order valence-electron chi connectivity index (χ2n) is 5.43. The minimum atomic E-state index is -0.290. The summed E-state index contributed by atoms with van der Waals surface area (Å²) in [6.07, 6.45) is 0.726. The summed E-state index contributed by atoms with van der Waals surface area (Å²) in [6.45, 7) is 5.91. The Hall–Kier alpha value is -1.03. The van der Waals surface area contributed by atoms with Crippen molar-refractivity contribution in [2.24, 2.45) is 0 Å². The van der Waals surface area contributed by atoms with Gasteiger partial charge in [0.2, 0.25) is 0 Å². The van der Waals surface area contributed by atoms with Gasteiger partial charge in [0.05, 0.1) is 27.0 Å². The van der Waals surface area contributed by atoms with Gasteiger partial charge < -0.3 is 0 Å². The van der Waals surface area contributed by atoms with Crippen LogP contribution in [0.1, 0.15) is 36.8 Å². The number of benzene rings is 1. The molecule has 6 heteroatoms. The third-order valence-electron chi connectivity index (χ3n) is 2.84. The van der Waals surface area contributed by atoms with Crippen LogP contribution >= 0.6 is 34.8 Å². The molecule has 0 N–H and O–H groups in total. The van der Waals surface area contributed by atoms with Gasteiger partial charge in [0.25, 0.3) is 0 Å². The fourth-order valence-electron chi connectivity index (χ4n) is 1.86. The van der Waals surface area contributed by atoms with E-state index in [0.29, 0.717) is 27.0 Å². The van der Waals surface area contributed by atoms with Crippen molar-refractivity contribution in [3.05, 3.63) is 44.7 Å². The van der Waals surface area contributed by atoms with Gasteiger partial charge in [0, 0.05) is 5.41 Å². The van der Waals surface area contributed by atoms with Gasteiger partial charge in [-0.1, -0.05) is 55.6 Å². The second-order valence-corrected chi connectivity index (χ2v) is 6.60. The Morgan fingerprint density at radius 3 is 2.25 bits per heavy atom. The van der Waals surface area contributed by atoms with Crippen molar-refractivity contribution in [3.63, 3.8) is 0 Å². The van der Waals surface area contributed by atoms with E-state index < -0.39 is 0 Å². The summed E-state index contributed by atoms with van der Waals surface area (Å²) in [5, 5.41) is 5.56. The lowest BCUT2D eigenvalue weighted by Gasteiger charge is -2.15. The molecule has 0 amide bonds. The Bertz CT molecular complexity index is 672. The van der Waals surface area contributed by atoms with E-state index in [0.717, 1.165) is 6.29 Å². The molecule has 0 atom stereocenters. The summed E-state index contributed by atoms with van der Waals surface area (Å²) < 4.78 is 1.49. The second kappa shape index (κ2) is 5.40. The number of halogens is 3. The van der Waals surface area contributed by atoms with E-state index in [1.54, 1.807) is 18.2 Å². The average molecular weight is 332 g/mol. The molecule has 0 unspecified atom stereocenters. The van der Waals surface area contributed by atoms with Gasteiger partial charge in [0.15, 0.2) is 6.29 Å². The molecule has 2 aromatic rings. The van der Waals surface area contributed by atoms with Gasteiger partial charge in [0.1, 0.15) is 5.15 Å². The summed E-state index contributed by atoms with van der Waals surface area (Å²) in [5.41, 5.74) is 1.40. The van der Waals surface area contributed by atoms with Crippen LogP contribution in [0.15, 0.2) is 18.2 Å². The van der Waals surface area contributed by atoms with Crippen LogP contribution in [0.25, 0.3) is 5.69 Å². The van der Waals surface area contributed by atoms with Gasteiger partial charge in [-0.3, -0.25) is 4.79 Å². The van der Waals surface area contributed by atoms with Gasteiger partial charge in [-0.15, -0.1) is 0 Å². The van der Waals surface area contributed by atoms with Crippen molar-refractivity contribution in [1.82, 2.24) is 9.78 Å². The predicted molar refractivity (Wildman–Crippen MR) is 82.7 cm³/mol. The number of aldehydes is 1. The van der Waals surface area contributed by atoms with Crippen LogP contribution in [0.5, 0.6) is 0 Å². The highest BCUT2D eigenvalue weighted by Crippen LogP contribution is 2.32. The summed E-state index contributed by atoms with van der Waals surface area (Å²) in [6, 6.07) is 5.06. The molecule has 0 radical (unpaired) electrons. The van der Waals surface area contributed by atoms with Crippen LogP contribution in [0.4, 0.5) is 0 Å². The maximum Gasteiger partial charge on any atom is 0.155 e. The molecular formula is C14H13Cl3N2O. The predicted octanol–water partition coefficient (Wildman–Crippen LogP) is 4.94. The zero-order chi connectivity index (χ0) is 15.1. The first-order chi connectivity index (χ1) is 9.25. The van der Waals surface area contributed by atoms with E-state index in [-0.39, 0.29) is 10.6 Å². The molecule has 2 rings (SSSR count). The van der Waals surface area contributed by atoms with Crippen LogP contribution in [0.2, 0.25) is 15.2 Å². The lowest BCUT2D eigenvalue weighted by Crippen LogP contribution is -2.14. The van der Waals surface area contributed by atoms with Crippen molar-refractivity contribution >= 4 is 41.1 Å². The molecule has 1 aromatic heterocycles. The van der Waals surface area contributed by atoms with E-state index in [2.05, 4.69) is 5.10 Å². The lowest BCUT2D eigenvalue weighted by atomic mass is 9.90. The fraction of sp³-hybridized carbons (Fsp3) is 0.286. The monoisotopic (exact) mass is 330 g/mol. The molecule has 0 bridgehead atoms. The average Bonchev–Trinajstić information content (AvgIpc) is 2.69. The van der Waals surface area contributed by atoms with E-state index in [1.807, 2.05) is 20.8 Å². The zero-order valence-electron chi connectivity index (χ0n) is 11.2. The normalized spacial score (nSPS) is 11.7. The van der Waals surface area contributed by atoms with Crippen LogP contribution in [0.3, 0.4) is 0 Å². The molecule has 20 heavy (non-hydrogen) atoms. The molecule has 106 valence electrons. The largest absolute Gasteiger partial charge is 0.298 e. The maximum atomic E-state index is 11.3. The van der Waals surface area contributed by atoms with E-state index in [1.165, 1.54) is 4.68 Å². The first-order valence-electron chi connectivity index (χ1n) is 5.95. The number of hydrogen-bond donors (Lipinski definition) is 0. The number of rotatable bonds is 2. The van der Waals surface area contributed by atoms with Gasteiger partial charge >= 0.3 is 0 Å².